The van der Waals surface area contributed by atoms with E-state index in [-0.39, 0.29) is 11.6 Å². The molecule has 0 amide bonds. The molecule has 0 aliphatic carbocycles. The fraction of sp³-hybridized carbons (Fsp3) is 0.167. The average molecular weight is 342 g/mol. The molecule has 0 N–H and O–H groups in total. The van der Waals surface area contributed by atoms with Crippen molar-refractivity contribution in [1.29, 1.82) is 0 Å². The molecule has 0 saturated carbocycles. The summed E-state index contributed by atoms with van der Waals surface area (Å²) < 4.78 is 0. The summed E-state index contributed by atoms with van der Waals surface area (Å²) in [5, 5.41) is 0. The van der Waals surface area contributed by atoms with Crippen LogP contribution in [0, 0.1) is 13.8 Å². The zero-order chi connectivity index (χ0) is 18.8. The smallest absolute Gasteiger partial charge is 0.160 e. The third kappa shape index (κ3) is 3.23. The van der Waals surface area contributed by atoms with E-state index in [9.17, 15) is 9.59 Å². The van der Waals surface area contributed by atoms with Crippen LogP contribution in [0.25, 0.3) is 22.3 Å². The molecule has 0 fully saturated rings. The molecule has 0 unspecified atom stereocenters. The predicted octanol–water partition coefficient (Wildman–Crippen LogP) is 6.04. The molecule has 3 rings (SSSR count). The third-order valence-corrected chi connectivity index (χ3v) is 4.76. The van der Waals surface area contributed by atoms with Gasteiger partial charge in [0.05, 0.1) is 0 Å². The van der Waals surface area contributed by atoms with Gasteiger partial charge in [-0.15, -0.1) is 0 Å². The molecule has 0 atom stereocenters. The van der Waals surface area contributed by atoms with Crippen LogP contribution in [0.4, 0.5) is 0 Å². The number of benzene rings is 3. The van der Waals surface area contributed by atoms with Gasteiger partial charge in [-0.2, -0.15) is 0 Å². The van der Waals surface area contributed by atoms with E-state index < -0.39 is 0 Å². The molecular formula is C24H22O2. The Balaban J connectivity index is 2.21. The van der Waals surface area contributed by atoms with Gasteiger partial charge in [-0.3, -0.25) is 9.59 Å². The molecule has 3 aromatic rings. The van der Waals surface area contributed by atoms with Gasteiger partial charge in [0.2, 0.25) is 0 Å². The zero-order valence-electron chi connectivity index (χ0n) is 15.6. The molecule has 26 heavy (non-hydrogen) atoms. The van der Waals surface area contributed by atoms with Crippen LogP contribution in [0.1, 0.15) is 45.7 Å². The normalized spacial score (nSPS) is 10.6. The average Bonchev–Trinajstić information content (AvgIpc) is 2.63. The second-order valence-corrected chi connectivity index (χ2v) is 6.69. The topological polar surface area (TPSA) is 34.1 Å². The minimum atomic E-state index is 0.0589. The van der Waals surface area contributed by atoms with Crippen molar-refractivity contribution in [2.24, 2.45) is 0 Å². The molecule has 0 aliphatic rings. The summed E-state index contributed by atoms with van der Waals surface area (Å²) in [5.74, 6) is 0.118. The van der Waals surface area contributed by atoms with Crippen LogP contribution in [0.5, 0.6) is 0 Å². The Labute approximate surface area is 154 Å². The predicted molar refractivity (Wildman–Crippen MR) is 107 cm³/mol. The maximum atomic E-state index is 12.0. The number of ketones is 2. The fourth-order valence-electron chi connectivity index (χ4n) is 3.45. The number of Topliss-reactive ketones (excluding diaryl/α,β-unsaturated/α-hetero) is 2. The quantitative estimate of drug-likeness (QED) is 0.541. The Morgan fingerprint density at radius 2 is 0.923 bits per heavy atom. The summed E-state index contributed by atoms with van der Waals surface area (Å²) in [6.45, 7) is 7.29. The van der Waals surface area contributed by atoms with Crippen molar-refractivity contribution in [3.05, 3.63) is 82.9 Å². The van der Waals surface area contributed by atoms with Crippen molar-refractivity contribution < 1.29 is 9.59 Å². The van der Waals surface area contributed by atoms with E-state index in [0.29, 0.717) is 0 Å². The molecule has 0 radical (unpaired) electrons. The van der Waals surface area contributed by atoms with Gasteiger partial charge in [0, 0.05) is 11.1 Å². The van der Waals surface area contributed by atoms with Crippen molar-refractivity contribution in [2.75, 3.05) is 0 Å². The van der Waals surface area contributed by atoms with E-state index in [0.717, 1.165) is 44.5 Å². The van der Waals surface area contributed by atoms with Crippen LogP contribution in [0.3, 0.4) is 0 Å². The summed E-state index contributed by atoms with van der Waals surface area (Å²) in [6, 6.07) is 19.6. The van der Waals surface area contributed by atoms with E-state index >= 15 is 0 Å². The third-order valence-electron chi connectivity index (χ3n) is 4.76. The van der Waals surface area contributed by atoms with Gasteiger partial charge in [-0.05, 0) is 61.1 Å². The Morgan fingerprint density at radius 1 is 0.577 bits per heavy atom. The zero-order valence-corrected chi connectivity index (χ0v) is 15.6. The Morgan fingerprint density at radius 3 is 1.27 bits per heavy atom. The number of carbonyl (C=O) groups is 2. The molecule has 0 aromatic heterocycles. The number of aryl methyl sites for hydroxylation is 2. The first-order chi connectivity index (χ1) is 12.4. The van der Waals surface area contributed by atoms with E-state index in [4.69, 9.17) is 0 Å². The van der Waals surface area contributed by atoms with Crippen molar-refractivity contribution in [3.8, 4) is 22.3 Å². The number of hydrogen-bond donors (Lipinski definition) is 0. The minimum Gasteiger partial charge on any atom is -0.294 e. The number of hydrogen-bond acceptors (Lipinski definition) is 2. The summed E-state index contributed by atoms with van der Waals surface area (Å²) in [7, 11) is 0. The van der Waals surface area contributed by atoms with E-state index in [1.807, 2.05) is 62.4 Å². The van der Waals surface area contributed by atoms with Gasteiger partial charge < -0.3 is 0 Å². The summed E-state index contributed by atoms with van der Waals surface area (Å²) in [4.78, 5) is 24.0. The molecule has 0 spiro atoms. The first kappa shape index (κ1) is 17.8. The molecule has 0 saturated heterocycles. The molecule has 130 valence electrons. The second kappa shape index (κ2) is 7.09. The van der Waals surface area contributed by atoms with Crippen molar-refractivity contribution in [1.82, 2.24) is 0 Å². The molecule has 0 aliphatic heterocycles. The highest BCUT2D eigenvalue weighted by molar-refractivity contribution is 6.03. The minimum absolute atomic E-state index is 0.0589. The Kier molecular flexibility index (Phi) is 4.85. The van der Waals surface area contributed by atoms with Crippen LogP contribution in [0.2, 0.25) is 0 Å². The molecule has 2 heteroatoms. The number of rotatable bonds is 4. The van der Waals surface area contributed by atoms with Crippen LogP contribution >= 0.6 is 0 Å². The fourth-order valence-corrected chi connectivity index (χ4v) is 3.45. The van der Waals surface area contributed by atoms with E-state index in [2.05, 4.69) is 12.1 Å². The van der Waals surface area contributed by atoms with Crippen LogP contribution in [-0.2, 0) is 0 Å². The highest BCUT2D eigenvalue weighted by Crippen LogP contribution is 2.34. The molecule has 0 heterocycles. The SMILES string of the molecule is CC(=O)c1ccccc1-c1cc(C)c(-c2ccccc2C(C)=O)cc1C. The van der Waals surface area contributed by atoms with E-state index in [1.165, 1.54) is 0 Å². The first-order valence-electron chi connectivity index (χ1n) is 8.72. The highest BCUT2D eigenvalue weighted by Gasteiger charge is 2.15. The monoisotopic (exact) mass is 342 g/mol. The van der Waals surface area contributed by atoms with Gasteiger partial charge in [0.15, 0.2) is 11.6 Å². The van der Waals surface area contributed by atoms with Gasteiger partial charge in [-0.1, -0.05) is 60.7 Å². The summed E-state index contributed by atoms with van der Waals surface area (Å²) >= 11 is 0. The lowest BCUT2D eigenvalue weighted by atomic mass is 9.87. The highest BCUT2D eigenvalue weighted by atomic mass is 16.1. The maximum Gasteiger partial charge on any atom is 0.160 e. The molecule has 2 nitrogen and oxygen atoms in total. The molecular weight excluding hydrogens is 320 g/mol. The van der Waals surface area contributed by atoms with Crippen LogP contribution in [0.15, 0.2) is 60.7 Å². The van der Waals surface area contributed by atoms with E-state index in [1.54, 1.807) is 13.8 Å². The molecule has 3 aromatic carbocycles. The van der Waals surface area contributed by atoms with Crippen molar-refractivity contribution in [3.63, 3.8) is 0 Å². The summed E-state index contributed by atoms with van der Waals surface area (Å²) in [6.07, 6.45) is 0. The maximum absolute atomic E-state index is 12.0. The Bertz CT molecular complexity index is 929. The lowest BCUT2D eigenvalue weighted by Gasteiger charge is -2.16. The largest absolute Gasteiger partial charge is 0.294 e. The second-order valence-electron chi connectivity index (χ2n) is 6.69. The standard InChI is InChI=1S/C24H22O2/c1-15-13-24(22-12-8-6-10-20(22)18(4)26)16(2)14-23(15)21-11-7-5-9-19(21)17(3)25/h5-14H,1-4H3. The number of carbonyl (C=O) groups excluding carboxylic acids is 2. The Hall–Kier alpha value is -3.00. The lowest BCUT2D eigenvalue weighted by molar-refractivity contribution is 0.101. The van der Waals surface area contributed by atoms with Gasteiger partial charge in [0.25, 0.3) is 0 Å². The van der Waals surface area contributed by atoms with Gasteiger partial charge in [-0.25, -0.2) is 0 Å². The van der Waals surface area contributed by atoms with Gasteiger partial charge >= 0.3 is 0 Å². The first-order valence-corrected chi connectivity index (χ1v) is 8.72. The summed E-state index contributed by atoms with van der Waals surface area (Å²) in [5.41, 5.74) is 7.63. The van der Waals surface area contributed by atoms with Gasteiger partial charge in [0.1, 0.15) is 0 Å². The van der Waals surface area contributed by atoms with Crippen molar-refractivity contribution >= 4 is 11.6 Å². The van der Waals surface area contributed by atoms with Crippen LogP contribution in [-0.4, -0.2) is 11.6 Å². The molecule has 0 bridgehead atoms. The van der Waals surface area contributed by atoms with Crippen molar-refractivity contribution in [2.45, 2.75) is 27.7 Å². The van der Waals surface area contributed by atoms with Crippen LogP contribution < -0.4 is 0 Å². The lowest BCUT2D eigenvalue weighted by Crippen LogP contribution is -2.00.